The van der Waals surface area contributed by atoms with Gasteiger partial charge in [0.15, 0.2) is 11.6 Å². The van der Waals surface area contributed by atoms with Gasteiger partial charge in [0.25, 0.3) is 0 Å². The van der Waals surface area contributed by atoms with Crippen LogP contribution in [0.25, 0.3) is 0 Å². The normalized spacial score (nSPS) is 20.7. The summed E-state index contributed by atoms with van der Waals surface area (Å²) in [6.07, 6.45) is 3.02. The Hall–Kier alpha value is -2.34. The highest BCUT2D eigenvalue weighted by atomic mass is 19.2. The number of rotatable bonds is 3. The van der Waals surface area contributed by atoms with Crippen molar-refractivity contribution in [3.8, 4) is 0 Å². The van der Waals surface area contributed by atoms with E-state index in [1.54, 1.807) is 24.5 Å². The molecule has 1 saturated heterocycles. The van der Waals surface area contributed by atoms with Crippen LogP contribution in [0.2, 0.25) is 0 Å². The molecule has 2 atom stereocenters. The van der Waals surface area contributed by atoms with Crippen LogP contribution in [0.3, 0.4) is 0 Å². The van der Waals surface area contributed by atoms with E-state index in [4.69, 9.17) is 0 Å². The molecule has 0 bridgehead atoms. The van der Waals surface area contributed by atoms with Crippen LogP contribution in [0.15, 0.2) is 42.7 Å². The zero-order chi connectivity index (χ0) is 16.4. The summed E-state index contributed by atoms with van der Waals surface area (Å²) >= 11 is 0. The summed E-state index contributed by atoms with van der Waals surface area (Å²) < 4.78 is 26.5. The fraction of sp³-hybridized carbons (Fsp3) is 0.294. The van der Waals surface area contributed by atoms with Crippen LogP contribution in [0.5, 0.6) is 0 Å². The number of pyridine rings is 1. The maximum Gasteiger partial charge on any atom is 0.227 e. The number of nitrogens with zero attached hydrogens (tertiary/aromatic N) is 2. The first-order valence-corrected chi connectivity index (χ1v) is 7.36. The lowest BCUT2D eigenvalue weighted by Gasteiger charge is -2.25. The van der Waals surface area contributed by atoms with Gasteiger partial charge in [-0.2, -0.15) is 0 Å². The van der Waals surface area contributed by atoms with Gasteiger partial charge >= 0.3 is 0 Å². The van der Waals surface area contributed by atoms with Gasteiger partial charge in [0.2, 0.25) is 5.91 Å². The fourth-order valence-corrected chi connectivity index (χ4v) is 2.90. The zero-order valence-corrected chi connectivity index (χ0v) is 12.3. The summed E-state index contributed by atoms with van der Waals surface area (Å²) in [5, 5.41) is 9.90. The smallest absolute Gasteiger partial charge is 0.227 e. The maximum atomic E-state index is 13.5. The average molecular weight is 318 g/mol. The summed E-state index contributed by atoms with van der Waals surface area (Å²) in [6.45, 7) is 0.183. The van der Waals surface area contributed by atoms with Crippen LogP contribution in [-0.2, 0) is 11.2 Å². The van der Waals surface area contributed by atoms with Gasteiger partial charge in [-0.3, -0.25) is 9.78 Å². The van der Waals surface area contributed by atoms with Gasteiger partial charge in [0.05, 0.1) is 18.6 Å². The molecule has 6 heteroatoms. The Morgan fingerprint density at radius 2 is 2.13 bits per heavy atom. The molecule has 1 amide bonds. The van der Waals surface area contributed by atoms with E-state index in [0.717, 1.165) is 17.7 Å². The Labute approximate surface area is 132 Å². The van der Waals surface area contributed by atoms with Crippen molar-refractivity contribution in [2.24, 2.45) is 0 Å². The Kier molecular flexibility index (Phi) is 4.34. The molecule has 1 aliphatic heterocycles. The molecular weight excluding hydrogens is 302 g/mol. The van der Waals surface area contributed by atoms with Crippen molar-refractivity contribution in [1.82, 2.24) is 9.88 Å². The number of β-amino-alcohol motifs (C(OH)–C–C–N with tert-alkyl or cyclic N) is 1. The molecule has 0 aliphatic carbocycles. The molecule has 120 valence electrons. The molecule has 2 unspecified atom stereocenters. The summed E-state index contributed by atoms with van der Waals surface area (Å²) in [5.41, 5.74) is 1.25. The van der Waals surface area contributed by atoms with Crippen LogP contribution >= 0.6 is 0 Å². The second kappa shape index (κ2) is 6.42. The Morgan fingerprint density at radius 3 is 2.83 bits per heavy atom. The van der Waals surface area contributed by atoms with E-state index in [1.807, 2.05) is 0 Å². The van der Waals surface area contributed by atoms with Gasteiger partial charge in [0.1, 0.15) is 0 Å². The van der Waals surface area contributed by atoms with Gasteiger partial charge in [-0.25, -0.2) is 8.78 Å². The lowest BCUT2D eigenvalue weighted by atomic mass is 10.0. The van der Waals surface area contributed by atoms with Gasteiger partial charge in [-0.05, 0) is 35.7 Å². The van der Waals surface area contributed by atoms with E-state index in [9.17, 15) is 18.7 Å². The van der Waals surface area contributed by atoms with Crippen LogP contribution in [0.4, 0.5) is 8.78 Å². The van der Waals surface area contributed by atoms with Gasteiger partial charge in [0, 0.05) is 18.9 Å². The molecule has 1 fully saturated rings. The molecule has 23 heavy (non-hydrogen) atoms. The van der Waals surface area contributed by atoms with Crippen LogP contribution < -0.4 is 0 Å². The van der Waals surface area contributed by atoms with E-state index in [2.05, 4.69) is 4.98 Å². The number of amides is 1. The number of hydrogen-bond acceptors (Lipinski definition) is 3. The third-order valence-electron chi connectivity index (χ3n) is 4.01. The number of hydrogen-bond donors (Lipinski definition) is 1. The zero-order valence-electron chi connectivity index (χ0n) is 12.3. The van der Waals surface area contributed by atoms with Crippen molar-refractivity contribution in [3.63, 3.8) is 0 Å². The van der Waals surface area contributed by atoms with Crippen molar-refractivity contribution in [3.05, 3.63) is 65.5 Å². The predicted molar refractivity (Wildman–Crippen MR) is 79.4 cm³/mol. The van der Waals surface area contributed by atoms with Crippen molar-refractivity contribution >= 4 is 5.91 Å². The number of carbonyl (C=O) groups is 1. The first-order valence-electron chi connectivity index (χ1n) is 7.36. The third kappa shape index (κ3) is 3.37. The molecule has 0 spiro atoms. The predicted octanol–water partition coefficient (Wildman–Crippen LogP) is 2.24. The summed E-state index contributed by atoms with van der Waals surface area (Å²) in [6, 6.07) is 6.66. The minimum Gasteiger partial charge on any atom is -0.391 e. The van der Waals surface area contributed by atoms with E-state index >= 15 is 0 Å². The Balaban J connectivity index is 1.81. The SMILES string of the molecule is O=C(Cc1cccnc1)N1CC(O)CC1c1ccc(F)c(F)c1. The number of aliphatic hydroxyl groups excluding tert-OH is 1. The largest absolute Gasteiger partial charge is 0.391 e. The summed E-state index contributed by atoms with van der Waals surface area (Å²) in [4.78, 5) is 18.0. The van der Waals surface area contributed by atoms with E-state index in [1.165, 1.54) is 11.0 Å². The highest BCUT2D eigenvalue weighted by Gasteiger charge is 2.35. The molecule has 4 nitrogen and oxygen atoms in total. The van der Waals surface area contributed by atoms with Gasteiger partial charge in [-0.15, -0.1) is 0 Å². The minimum absolute atomic E-state index is 0.154. The number of carbonyl (C=O) groups excluding carboxylic acids is 1. The first kappa shape index (κ1) is 15.6. The van der Waals surface area contributed by atoms with E-state index < -0.39 is 23.8 Å². The minimum atomic E-state index is -0.955. The van der Waals surface area contributed by atoms with Crippen molar-refractivity contribution in [1.29, 1.82) is 0 Å². The van der Waals surface area contributed by atoms with Crippen LogP contribution in [0.1, 0.15) is 23.6 Å². The maximum absolute atomic E-state index is 13.5. The number of benzene rings is 1. The average Bonchev–Trinajstić information content (AvgIpc) is 2.93. The van der Waals surface area contributed by atoms with Crippen LogP contribution in [0, 0.1) is 11.6 Å². The molecule has 1 N–H and O–H groups in total. The first-order chi connectivity index (χ1) is 11.0. The van der Waals surface area contributed by atoms with Gasteiger partial charge < -0.3 is 10.0 Å². The molecule has 1 aromatic carbocycles. The summed E-state index contributed by atoms with van der Waals surface area (Å²) in [5.74, 6) is -2.06. The van der Waals surface area contributed by atoms with Gasteiger partial charge in [-0.1, -0.05) is 12.1 Å². The Bertz CT molecular complexity index is 709. The number of likely N-dealkylation sites (tertiary alicyclic amines) is 1. The fourth-order valence-electron chi connectivity index (χ4n) is 2.90. The third-order valence-corrected chi connectivity index (χ3v) is 4.01. The second-order valence-corrected chi connectivity index (χ2v) is 5.66. The summed E-state index contributed by atoms with van der Waals surface area (Å²) in [7, 11) is 0. The highest BCUT2D eigenvalue weighted by Crippen LogP contribution is 2.33. The lowest BCUT2D eigenvalue weighted by molar-refractivity contribution is -0.131. The molecule has 1 aromatic heterocycles. The van der Waals surface area contributed by atoms with E-state index in [0.29, 0.717) is 12.0 Å². The molecular formula is C17H16F2N2O2. The molecule has 0 radical (unpaired) electrons. The molecule has 2 aromatic rings. The number of aromatic nitrogens is 1. The molecule has 1 aliphatic rings. The molecule has 3 rings (SSSR count). The standard InChI is InChI=1S/C17H16F2N2O2/c18-14-4-3-12(7-15(14)19)16-8-13(22)10-21(16)17(23)6-11-2-1-5-20-9-11/h1-5,7,9,13,16,22H,6,8,10H2. The quantitative estimate of drug-likeness (QED) is 0.944. The molecule has 0 saturated carbocycles. The van der Waals surface area contributed by atoms with Crippen molar-refractivity contribution in [2.75, 3.05) is 6.54 Å². The topological polar surface area (TPSA) is 53.4 Å². The van der Waals surface area contributed by atoms with Crippen molar-refractivity contribution in [2.45, 2.75) is 25.0 Å². The Morgan fingerprint density at radius 1 is 1.30 bits per heavy atom. The highest BCUT2D eigenvalue weighted by molar-refractivity contribution is 5.79. The second-order valence-electron chi connectivity index (χ2n) is 5.66. The monoisotopic (exact) mass is 318 g/mol. The number of aliphatic hydroxyl groups is 1. The number of halogens is 2. The van der Waals surface area contributed by atoms with E-state index in [-0.39, 0.29) is 18.9 Å². The lowest BCUT2D eigenvalue weighted by Crippen LogP contribution is -2.33. The molecule has 2 heterocycles. The van der Waals surface area contributed by atoms with Crippen molar-refractivity contribution < 1.29 is 18.7 Å². The van der Waals surface area contributed by atoms with Crippen LogP contribution in [-0.4, -0.2) is 33.5 Å².